The number of anilines is 1. The number of aryl methyl sites for hydroxylation is 5. The second-order valence-electron chi connectivity index (χ2n) is 6.75. The van der Waals surface area contributed by atoms with E-state index in [4.69, 9.17) is 0 Å². The summed E-state index contributed by atoms with van der Waals surface area (Å²) < 4.78 is 1.65. The number of amides is 1. The van der Waals surface area contributed by atoms with E-state index in [0.29, 0.717) is 12.2 Å². The molecular weight excluding hydrogens is 326 g/mol. The van der Waals surface area contributed by atoms with Gasteiger partial charge in [-0.25, -0.2) is 4.98 Å². The molecule has 26 heavy (non-hydrogen) atoms. The molecule has 0 atom stereocenters. The van der Waals surface area contributed by atoms with Gasteiger partial charge in [-0.1, -0.05) is 12.1 Å². The molecule has 3 aromatic rings. The van der Waals surface area contributed by atoms with Crippen molar-refractivity contribution in [2.75, 3.05) is 5.32 Å². The van der Waals surface area contributed by atoms with Crippen LogP contribution in [0.15, 0.2) is 41.2 Å². The fourth-order valence-electron chi connectivity index (χ4n) is 3.01. The van der Waals surface area contributed by atoms with Crippen LogP contribution in [0, 0.1) is 27.7 Å². The minimum Gasteiger partial charge on any atom is -0.326 e. The minimum absolute atomic E-state index is 0.117. The first-order valence-corrected chi connectivity index (χ1v) is 8.70. The van der Waals surface area contributed by atoms with Gasteiger partial charge < -0.3 is 9.88 Å². The average molecular weight is 349 g/mol. The van der Waals surface area contributed by atoms with Crippen molar-refractivity contribution in [2.24, 2.45) is 0 Å². The maximum Gasteiger partial charge on any atom is 0.272 e. The molecule has 0 saturated carbocycles. The number of hydrogen-bond acceptors (Lipinski definition) is 3. The Morgan fingerprint density at radius 3 is 2.54 bits per heavy atom. The standard InChI is InChI=1S/C21H23N3O2/c1-13-6-5-7-17(10-13)23-20(25)8-9-24-19-12-15(3)14(2)11-18(19)22-16(4)21(24)26/h5-7,10-12H,8-9H2,1-4H3,(H,23,25). The molecular formula is C21H23N3O2. The third-order valence-corrected chi connectivity index (χ3v) is 4.59. The Balaban J connectivity index is 1.86. The smallest absolute Gasteiger partial charge is 0.272 e. The van der Waals surface area contributed by atoms with Crippen LogP contribution in [0.25, 0.3) is 11.0 Å². The third kappa shape index (κ3) is 3.67. The lowest BCUT2D eigenvalue weighted by atomic mass is 10.1. The van der Waals surface area contributed by atoms with Gasteiger partial charge in [-0.15, -0.1) is 0 Å². The van der Waals surface area contributed by atoms with E-state index in [1.54, 1.807) is 11.5 Å². The molecule has 0 unspecified atom stereocenters. The van der Waals surface area contributed by atoms with Gasteiger partial charge in [0.2, 0.25) is 5.91 Å². The molecule has 3 rings (SSSR count). The third-order valence-electron chi connectivity index (χ3n) is 4.59. The maximum atomic E-state index is 12.6. The van der Waals surface area contributed by atoms with Crippen LogP contribution >= 0.6 is 0 Å². The predicted octanol–water partition coefficient (Wildman–Crippen LogP) is 3.66. The zero-order valence-electron chi connectivity index (χ0n) is 15.6. The van der Waals surface area contributed by atoms with Crippen LogP contribution in [-0.2, 0) is 11.3 Å². The summed E-state index contributed by atoms with van der Waals surface area (Å²) in [5.74, 6) is -0.117. The van der Waals surface area contributed by atoms with Crippen molar-refractivity contribution in [2.45, 2.75) is 40.7 Å². The molecule has 5 heteroatoms. The number of benzene rings is 2. The number of rotatable bonds is 4. The molecule has 1 amide bonds. The molecule has 1 heterocycles. The molecule has 5 nitrogen and oxygen atoms in total. The highest BCUT2D eigenvalue weighted by Crippen LogP contribution is 2.17. The van der Waals surface area contributed by atoms with Crippen molar-refractivity contribution < 1.29 is 4.79 Å². The molecule has 1 aromatic heterocycles. The lowest BCUT2D eigenvalue weighted by Crippen LogP contribution is -2.26. The highest BCUT2D eigenvalue weighted by atomic mass is 16.2. The summed E-state index contributed by atoms with van der Waals surface area (Å²) in [4.78, 5) is 29.3. The maximum absolute atomic E-state index is 12.6. The van der Waals surface area contributed by atoms with Gasteiger partial charge >= 0.3 is 0 Å². The first-order chi connectivity index (χ1) is 12.3. The van der Waals surface area contributed by atoms with Gasteiger partial charge in [-0.2, -0.15) is 0 Å². The fraction of sp³-hybridized carbons (Fsp3) is 0.286. The number of aromatic nitrogens is 2. The summed E-state index contributed by atoms with van der Waals surface area (Å²) in [6.07, 6.45) is 0.222. The lowest BCUT2D eigenvalue weighted by Gasteiger charge is -2.13. The molecule has 0 aliphatic heterocycles. The Labute approximate surface area is 152 Å². The Morgan fingerprint density at radius 2 is 1.81 bits per heavy atom. The molecule has 0 aliphatic carbocycles. The zero-order chi connectivity index (χ0) is 18.8. The van der Waals surface area contributed by atoms with Crippen molar-refractivity contribution in [3.8, 4) is 0 Å². The number of fused-ring (bicyclic) bond motifs is 1. The van der Waals surface area contributed by atoms with E-state index in [2.05, 4.69) is 10.3 Å². The number of carbonyl (C=O) groups excluding carboxylic acids is 1. The molecule has 1 N–H and O–H groups in total. The summed E-state index contributed by atoms with van der Waals surface area (Å²) in [5.41, 5.74) is 5.93. The average Bonchev–Trinajstić information content (AvgIpc) is 2.57. The van der Waals surface area contributed by atoms with Crippen molar-refractivity contribution in [3.05, 3.63) is 69.1 Å². The zero-order valence-corrected chi connectivity index (χ0v) is 15.6. The van der Waals surface area contributed by atoms with Crippen LogP contribution in [0.4, 0.5) is 5.69 Å². The van der Waals surface area contributed by atoms with E-state index in [9.17, 15) is 9.59 Å². The van der Waals surface area contributed by atoms with Gasteiger partial charge in [-0.3, -0.25) is 9.59 Å². The van der Waals surface area contributed by atoms with Gasteiger partial charge in [0.05, 0.1) is 11.0 Å². The summed E-state index contributed by atoms with van der Waals surface area (Å²) >= 11 is 0. The van der Waals surface area contributed by atoms with Crippen LogP contribution in [0.1, 0.15) is 28.8 Å². The Kier molecular flexibility index (Phi) is 4.89. The SMILES string of the molecule is Cc1cccc(NC(=O)CCn2c(=O)c(C)nc3cc(C)c(C)cc32)c1. The Bertz CT molecular complexity index is 1050. The van der Waals surface area contributed by atoms with E-state index in [0.717, 1.165) is 33.4 Å². The van der Waals surface area contributed by atoms with Crippen LogP contribution < -0.4 is 10.9 Å². The molecule has 0 spiro atoms. The molecule has 134 valence electrons. The topological polar surface area (TPSA) is 64.0 Å². The summed E-state index contributed by atoms with van der Waals surface area (Å²) in [6, 6.07) is 11.6. The van der Waals surface area contributed by atoms with Crippen LogP contribution in [-0.4, -0.2) is 15.5 Å². The second kappa shape index (κ2) is 7.12. The van der Waals surface area contributed by atoms with Crippen LogP contribution in [0.3, 0.4) is 0 Å². The quantitative estimate of drug-likeness (QED) is 0.782. The van der Waals surface area contributed by atoms with E-state index in [1.807, 2.05) is 57.2 Å². The second-order valence-corrected chi connectivity index (χ2v) is 6.75. The molecule has 0 radical (unpaired) electrons. The molecule has 0 bridgehead atoms. The largest absolute Gasteiger partial charge is 0.326 e. The van der Waals surface area contributed by atoms with E-state index < -0.39 is 0 Å². The Morgan fingerprint density at radius 1 is 1.08 bits per heavy atom. The fourth-order valence-corrected chi connectivity index (χ4v) is 3.01. The van der Waals surface area contributed by atoms with Crippen LogP contribution in [0.5, 0.6) is 0 Å². The molecule has 0 fully saturated rings. The Hall–Kier alpha value is -2.95. The van der Waals surface area contributed by atoms with E-state index in [1.165, 1.54) is 0 Å². The van der Waals surface area contributed by atoms with Gasteiger partial charge in [0, 0.05) is 18.7 Å². The normalized spacial score (nSPS) is 10.9. The first kappa shape index (κ1) is 17.9. The van der Waals surface area contributed by atoms with Crippen molar-refractivity contribution in [1.82, 2.24) is 9.55 Å². The number of nitrogens with one attached hydrogen (secondary N) is 1. The molecule has 0 saturated heterocycles. The highest BCUT2D eigenvalue weighted by molar-refractivity contribution is 5.90. The van der Waals surface area contributed by atoms with Crippen molar-refractivity contribution in [3.63, 3.8) is 0 Å². The van der Waals surface area contributed by atoms with E-state index >= 15 is 0 Å². The van der Waals surface area contributed by atoms with Crippen molar-refractivity contribution >= 4 is 22.6 Å². The first-order valence-electron chi connectivity index (χ1n) is 8.70. The van der Waals surface area contributed by atoms with E-state index in [-0.39, 0.29) is 17.9 Å². The number of hydrogen-bond donors (Lipinski definition) is 1. The number of carbonyl (C=O) groups is 1. The molecule has 2 aromatic carbocycles. The summed E-state index contributed by atoms with van der Waals surface area (Å²) in [7, 11) is 0. The van der Waals surface area contributed by atoms with Gasteiger partial charge in [0.1, 0.15) is 5.69 Å². The van der Waals surface area contributed by atoms with Crippen molar-refractivity contribution in [1.29, 1.82) is 0 Å². The summed E-state index contributed by atoms with van der Waals surface area (Å²) in [6.45, 7) is 8.04. The lowest BCUT2D eigenvalue weighted by molar-refractivity contribution is -0.116. The van der Waals surface area contributed by atoms with Gasteiger partial charge in [0.15, 0.2) is 0 Å². The molecule has 0 aliphatic rings. The summed E-state index contributed by atoms with van der Waals surface area (Å²) in [5, 5.41) is 2.89. The van der Waals surface area contributed by atoms with Crippen LogP contribution in [0.2, 0.25) is 0 Å². The monoisotopic (exact) mass is 349 g/mol. The van der Waals surface area contributed by atoms with Gasteiger partial charge in [-0.05, 0) is 68.7 Å². The number of nitrogens with zero attached hydrogens (tertiary/aromatic N) is 2. The van der Waals surface area contributed by atoms with Gasteiger partial charge in [0.25, 0.3) is 5.56 Å². The highest BCUT2D eigenvalue weighted by Gasteiger charge is 2.11. The predicted molar refractivity (Wildman–Crippen MR) is 105 cm³/mol. The minimum atomic E-state index is -0.149.